The highest BCUT2D eigenvalue weighted by molar-refractivity contribution is 14.0. The third kappa shape index (κ3) is 4.56. The number of aromatic nitrogens is 1. The number of imide groups is 1. The fourth-order valence-corrected chi connectivity index (χ4v) is 4.58. The van der Waals surface area contributed by atoms with Crippen molar-refractivity contribution in [2.24, 2.45) is 28.7 Å². The number of nitrogens with one attached hydrogen (secondary N) is 2. The van der Waals surface area contributed by atoms with E-state index >= 15 is 0 Å². The van der Waals surface area contributed by atoms with Crippen molar-refractivity contribution in [2.75, 3.05) is 33.3 Å². The van der Waals surface area contributed by atoms with Crippen molar-refractivity contribution < 1.29 is 14.3 Å². The maximum atomic E-state index is 12.7. The SMILES string of the molecule is CN=C(NCCOc1ccc(Cl)cn1)NCCN1C(=O)C2C3C=CC(C3)C2C1=O.I. The standard InChI is InChI=1S/C20H24ClN5O3.HI/c1-22-20(24-7-9-29-15-5-4-14(21)11-25-15)23-6-8-26-18(27)16-12-2-3-13(10-12)17(16)19(26)28;/h2-5,11-13,16-17H,6-10H2,1H3,(H2,22,23,24);1H. The number of fused-ring (bicyclic) bond motifs is 5. The summed E-state index contributed by atoms with van der Waals surface area (Å²) in [6, 6.07) is 3.42. The first kappa shape index (κ1) is 22.8. The summed E-state index contributed by atoms with van der Waals surface area (Å²) in [5, 5.41) is 6.82. The van der Waals surface area contributed by atoms with E-state index in [0.29, 0.717) is 43.1 Å². The minimum atomic E-state index is -0.145. The van der Waals surface area contributed by atoms with E-state index in [2.05, 4.69) is 32.8 Å². The van der Waals surface area contributed by atoms with Gasteiger partial charge in [0.15, 0.2) is 5.96 Å². The van der Waals surface area contributed by atoms with Crippen molar-refractivity contribution in [2.45, 2.75) is 6.42 Å². The smallest absolute Gasteiger partial charge is 0.233 e. The van der Waals surface area contributed by atoms with Gasteiger partial charge in [0.25, 0.3) is 0 Å². The normalized spacial score (nSPS) is 26.6. The van der Waals surface area contributed by atoms with Crippen LogP contribution in [-0.2, 0) is 9.59 Å². The summed E-state index contributed by atoms with van der Waals surface area (Å²) in [6.07, 6.45) is 6.68. The number of guanidine groups is 1. The Kier molecular flexibility index (Phi) is 7.56. The van der Waals surface area contributed by atoms with E-state index in [0.717, 1.165) is 6.42 Å². The van der Waals surface area contributed by atoms with Gasteiger partial charge in [0.1, 0.15) is 6.61 Å². The Balaban J connectivity index is 0.00000256. The van der Waals surface area contributed by atoms with Gasteiger partial charge in [0, 0.05) is 32.4 Å². The van der Waals surface area contributed by atoms with E-state index in [4.69, 9.17) is 16.3 Å². The molecule has 4 atom stereocenters. The van der Waals surface area contributed by atoms with Gasteiger partial charge in [-0.2, -0.15) is 0 Å². The number of rotatable bonds is 7. The molecule has 3 aliphatic rings. The molecule has 1 aromatic rings. The van der Waals surface area contributed by atoms with E-state index in [1.165, 1.54) is 11.1 Å². The average molecular weight is 546 g/mol. The van der Waals surface area contributed by atoms with Gasteiger partial charge in [0.05, 0.1) is 23.4 Å². The van der Waals surface area contributed by atoms with Gasteiger partial charge in [-0.15, -0.1) is 24.0 Å². The van der Waals surface area contributed by atoms with Crippen LogP contribution >= 0.6 is 35.6 Å². The average Bonchev–Trinajstić information content (AvgIpc) is 3.40. The molecule has 4 rings (SSSR count). The molecule has 10 heteroatoms. The van der Waals surface area contributed by atoms with Crippen LogP contribution in [0.1, 0.15) is 6.42 Å². The Labute approximate surface area is 197 Å². The summed E-state index contributed by atoms with van der Waals surface area (Å²) in [7, 11) is 1.66. The highest BCUT2D eigenvalue weighted by atomic mass is 127. The minimum Gasteiger partial charge on any atom is -0.476 e. The number of ether oxygens (including phenoxy) is 1. The number of nitrogens with zero attached hydrogens (tertiary/aromatic N) is 3. The first-order chi connectivity index (χ1) is 14.1. The maximum Gasteiger partial charge on any atom is 0.233 e. The largest absolute Gasteiger partial charge is 0.476 e. The molecule has 30 heavy (non-hydrogen) atoms. The second kappa shape index (κ2) is 9.95. The van der Waals surface area contributed by atoms with Crippen molar-refractivity contribution in [1.29, 1.82) is 0 Å². The number of aliphatic imine (C=N–C) groups is 1. The minimum absolute atomic E-state index is 0. The fourth-order valence-electron chi connectivity index (χ4n) is 4.46. The zero-order valence-electron chi connectivity index (χ0n) is 16.6. The van der Waals surface area contributed by atoms with Crippen LogP contribution in [0.5, 0.6) is 5.88 Å². The van der Waals surface area contributed by atoms with Crippen molar-refractivity contribution in [3.63, 3.8) is 0 Å². The summed E-state index contributed by atoms with van der Waals surface area (Å²) in [6.45, 7) is 1.71. The lowest BCUT2D eigenvalue weighted by atomic mass is 9.85. The molecular weight excluding hydrogens is 521 g/mol. The summed E-state index contributed by atoms with van der Waals surface area (Å²) in [5.74, 6) is 1.23. The molecule has 2 fully saturated rings. The molecule has 0 aromatic carbocycles. The molecule has 0 radical (unpaired) electrons. The molecule has 4 unspecified atom stereocenters. The number of hydrogen-bond acceptors (Lipinski definition) is 5. The number of carbonyl (C=O) groups excluding carboxylic acids is 2. The quantitative estimate of drug-likeness (QED) is 0.135. The number of allylic oxidation sites excluding steroid dienone is 2. The number of hydrogen-bond donors (Lipinski definition) is 2. The molecule has 0 spiro atoms. The Morgan fingerprint density at radius 3 is 2.47 bits per heavy atom. The second-order valence-electron chi connectivity index (χ2n) is 7.42. The summed E-state index contributed by atoms with van der Waals surface area (Å²) >= 11 is 5.79. The number of amides is 2. The van der Waals surface area contributed by atoms with Crippen LogP contribution in [0.2, 0.25) is 5.02 Å². The van der Waals surface area contributed by atoms with Crippen LogP contribution in [0, 0.1) is 23.7 Å². The zero-order valence-corrected chi connectivity index (χ0v) is 19.7. The van der Waals surface area contributed by atoms with Crippen LogP contribution in [-0.4, -0.2) is 60.9 Å². The van der Waals surface area contributed by atoms with Crippen molar-refractivity contribution in [1.82, 2.24) is 20.5 Å². The van der Waals surface area contributed by atoms with Crippen molar-refractivity contribution in [3.05, 3.63) is 35.5 Å². The molecule has 2 aliphatic carbocycles. The highest BCUT2D eigenvalue weighted by Crippen LogP contribution is 2.52. The topological polar surface area (TPSA) is 95.9 Å². The predicted molar refractivity (Wildman–Crippen MR) is 124 cm³/mol. The first-order valence-electron chi connectivity index (χ1n) is 9.81. The predicted octanol–water partition coefficient (Wildman–Crippen LogP) is 1.70. The van der Waals surface area contributed by atoms with Crippen LogP contribution in [0.3, 0.4) is 0 Å². The van der Waals surface area contributed by atoms with Gasteiger partial charge >= 0.3 is 0 Å². The Hall–Kier alpha value is -1.88. The zero-order chi connectivity index (χ0) is 20.4. The molecule has 8 nitrogen and oxygen atoms in total. The van der Waals surface area contributed by atoms with Gasteiger partial charge in [-0.1, -0.05) is 23.8 Å². The van der Waals surface area contributed by atoms with Gasteiger partial charge in [0.2, 0.25) is 17.7 Å². The van der Waals surface area contributed by atoms with Gasteiger partial charge in [-0.3, -0.25) is 19.5 Å². The van der Waals surface area contributed by atoms with Gasteiger partial charge in [-0.05, 0) is 24.3 Å². The van der Waals surface area contributed by atoms with Crippen LogP contribution in [0.4, 0.5) is 0 Å². The summed E-state index contributed by atoms with van der Waals surface area (Å²) < 4.78 is 5.52. The number of likely N-dealkylation sites (tertiary alicyclic amines) is 1. The van der Waals surface area contributed by atoms with Crippen molar-refractivity contribution >= 4 is 53.4 Å². The second-order valence-corrected chi connectivity index (χ2v) is 7.85. The molecule has 1 saturated carbocycles. The molecular formula is C20H25ClIN5O3. The van der Waals surface area contributed by atoms with E-state index in [9.17, 15) is 9.59 Å². The van der Waals surface area contributed by atoms with E-state index in [1.807, 2.05) is 0 Å². The first-order valence-corrected chi connectivity index (χ1v) is 10.2. The van der Waals surface area contributed by atoms with Crippen LogP contribution in [0.25, 0.3) is 0 Å². The monoisotopic (exact) mass is 545 g/mol. The molecule has 1 aromatic heterocycles. The van der Waals surface area contributed by atoms with E-state index < -0.39 is 0 Å². The lowest BCUT2D eigenvalue weighted by Gasteiger charge is -2.18. The molecule has 2 N–H and O–H groups in total. The maximum absolute atomic E-state index is 12.7. The third-order valence-corrected chi connectivity index (χ3v) is 5.98. The molecule has 2 heterocycles. The Morgan fingerprint density at radius 1 is 1.20 bits per heavy atom. The summed E-state index contributed by atoms with van der Waals surface area (Å²) in [4.78, 5) is 35.0. The molecule has 2 amide bonds. The fraction of sp³-hybridized carbons (Fsp3) is 0.500. The van der Waals surface area contributed by atoms with E-state index in [1.54, 1.807) is 19.2 Å². The molecule has 1 saturated heterocycles. The van der Waals surface area contributed by atoms with Gasteiger partial charge in [-0.25, -0.2) is 4.98 Å². The lowest BCUT2D eigenvalue weighted by Crippen LogP contribution is -2.44. The lowest BCUT2D eigenvalue weighted by molar-refractivity contribution is -0.140. The van der Waals surface area contributed by atoms with Gasteiger partial charge < -0.3 is 15.4 Å². The highest BCUT2D eigenvalue weighted by Gasteiger charge is 2.58. The summed E-state index contributed by atoms with van der Waals surface area (Å²) in [5.41, 5.74) is 0. The van der Waals surface area contributed by atoms with Crippen molar-refractivity contribution in [3.8, 4) is 5.88 Å². The Morgan fingerprint density at radius 2 is 1.87 bits per heavy atom. The molecule has 162 valence electrons. The molecule has 1 aliphatic heterocycles. The molecule has 2 bridgehead atoms. The third-order valence-electron chi connectivity index (χ3n) is 5.76. The number of halogens is 2. The Bertz CT molecular complexity index is 817. The van der Waals surface area contributed by atoms with E-state index in [-0.39, 0.29) is 59.5 Å². The van der Waals surface area contributed by atoms with Crippen LogP contribution in [0.15, 0.2) is 35.5 Å². The number of pyridine rings is 1. The number of carbonyl (C=O) groups is 2. The van der Waals surface area contributed by atoms with Crippen LogP contribution < -0.4 is 15.4 Å².